The van der Waals surface area contributed by atoms with Crippen LogP contribution >= 0.6 is 0 Å². The Bertz CT molecular complexity index is 619. The average Bonchev–Trinajstić information content (AvgIpc) is 2.45. The molecule has 0 radical (unpaired) electrons. The highest BCUT2D eigenvalue weighted by Crippen LogP contribution is 2.21. The van der Waals surface area contributed by atoms with E-state index in [0.717, 1.165) is 11.8 Å². The second-order valence-electron chi connectivity index (χ2n) is 5.44. The van der Waals surface area contributed by atoms with Gasteiger partial charge in [0.05, 0.1) is 18.4 Å². The van der Waals surface area contributed by atoms with Gasteiger partial charge < -0.3 is 10.2 Å². The molecule has 122 valence electrons. The molecule has 0 aromatic heterocycles. The number of piperidine rings is 1. The summed E-state index contributed by atoms with van der Waals surface area (Å²) in [5.74, 6) is 0. The van der Waals surface area contributed by atoms with E-state index in [1.165, 1.54) is 9.21 Å². The SMILES string of the molecule is CS(=O)(=O)N1CC[C@@H](N(Cc2ccccc2)C(=O)O)[C@H](O)C1. The first-order valence-corrected chi connectivity index (χ1v) is 8.80. The van der Waals surface area contributed by atoms with Crippen LogP contribution in [0.3, 0.4) is 0 Å². The number of β-amino-alcohol motifs (C(OH)–C–C–N with tert-alkyl or cyclic N) is 1. The number of benzene rings is 1. The van der Waals surface area contributed by atoms with Crippen LogP contribution in [0.1, 0.15) is 12.0 Å². The van der Waals surface area contributed by atoms with E-state index in [0.29, 0.717) is 0 Å². The predicted molar refractivity (Wildman–Crippen MR) is 80.8 cm³/mol. The fourth-order valence-corrected chi connectivity index (χ4v) is 3.52. The number of aliphatic hydroxyl groups is 1. The Hall–Kier alpha value is -1.64. The number of carbonyl (C=O) groups is 1. The van der Waals surface area contributed by atoms with E-state index in [1.807, 2.05) is 30.3 Å². The Labute approximate surface area is 129 Å². The maximum atomic E-state index is 11.5. The lowest BCUT2D eigenvalue weighted by Gasteiger charge is -2.39. The van der Waals surface area contributed by atoms with E-state index in [-0.39, 0.29) is 26.1 Å². The molecule has 0 unspecified atom stereocenters. The van der Waals surface area contributed by atoms with E-state index in [1.54, 1.807) is 0 Å². The van der Waals surface area contributed by atoms with Crippen molar-refractivity contribution in [3.63, 3.8) is 0 Å². The zero-order valence-corrected chi connectivity index (χ0v) is 13.1. The quantitative estimate of drug-likeness (QED) is 0.841. The van der Waals surface area contributed by atoms with Crippen LogP contribution in [0.15, 0.2) is 30.3 Å². The highest BCUT2D eigenvalue weighted by atomic mass is 32.2. The van der Waals surface area contributed by atoms with Gasteiger partial charge in [0.2, 0.25) is 10.0 Å². The Morgan fingerprint density at radius 2 is 2.00 bits per heavy atom. The molecule has 0 spiro atoms. The van der Waals surface area contributed by atoms with Gasteiger partial charge in [-0.25, -0.2) is 13.2 Å². The first-order valence-electron chi connectivity index (χ1n) is 6.95. The molecule has 0 saturated carbocycles. The lowest BCUT2D eigenvalue weighted by Crippen LogP contribution is -2.56. The third-order valence-electron chi connectivity index (χ3n) is 3.82. The van der Waals surface area contributed by atoms with Crippen molar-refractivity contribution < 1.29 is 23.4 Å². The van der Waals surface area contributed by atoms with Crippen LogP contribution in [-0.2, 0) is 16.6 Å². The molecule has 1 aliphatic heterocycles. The molecule has 2 N–H and O–H groups in total. The van der Waals surface area contributed by atoms with Crippen molar-refractivity contribution in [1.29, 1.82) is 0 Å². The minimum atomic E-state index is -3.38. The van der Waals surface area contributed by atoms with Gasteiger partial charge in [0, 0.05) is 19.6 Å². The van der Waals surface area contributed by atoms with Gasteiger partial charge >= 0.3 is 6.09 Å². The molecule has 1 saturated heterocycles. The van der Waals surface area contributed by atoms with Crippen molar-refractivity contribution >= 4 is 16.1 Å². The van der Waals surface area contributed by atoms with Gasteiger partial charge in [0.15, 0.2) is 0 Å². The monoisotopic (exact) mass is 328 g/mol. The standard InChI is InChI=1S/C14H20N2O5S/c1-22(20,21)15-8-7-12(13(17)10-15)16(14(18)19)9-11-5-3-2-4-6-11/h2-6,12-13,17H,7-10H2,1H3,(H,18,19)/t12-,13-/m1/s1. The molecule has 2 rings (SSSR count). The Morgan fingerprint density at radius 3 is 2.50 bits per heavy atom. The summed E-state index contributed by atoms with van der Waals surface area (Å²) in [7, 11) is -3.38. The maximum Gasteiger partial charge on any atom is 0.407 e. The number of rotatable bonds is 4. The molecular formula is C14H20N2O5S. The third-order valence-corrected chi connectivity index (χ3v) is 5.09. The van der Waals surface area contributed by atoms with Crippen molar-refractivity contribution in [2.75, 3.05) is 19.3 Å². The Balaban J connectivity index is 2.12. The molecule has 7 nitrogen and oxygen atoms in total. The lowest BCUT2D eigenvalue weighted by molar-refractivity contribution is 0.00964. The topological polar surface area (TPSA) is 98.2 Å². The fourth-order valence-electron chi connectivity index (χ4n) is 2.66. The van der Waals surface area contributed by atoms with Crippen molar-refractivity contribution in [1.82, 2.24) is 9.21 Å². The highest BCUT2D eigenvalue weighted by molar-refractivity contribution is 7.88. The normalized spacial score (nSPS) is 23.2. The predicted octanol–water partition coefficient (Wildman–Crippen LogP) is 0.561. The molecule has 1 fully saturated rings. The van der Waals surface area contributed by atoms with Gasteiger partial charge in [-0.2, -0.15) is 4.31 Å². The molecule has 1 aromatic carbocycles. The van der Waals surface area contributed by atoms with Gasteiger partial charge in [-0.3, -0.25) is 4.90 Å². The van der Waals surface area contributed by atoms with E-state index in [9.17, 15) is 23.4 Å². The summed E-state index contributed by atoms with van der Waals surface area (Å²) in [5, 5.41) is 19.6. The van der Waals surface area contributed by atoms with Gasteiger partial charge in [0.25, 0.3) is 0 Å². The molecule has 1 aromatic rings. The summed E-state index contributed by atoms with van der Waals surface area (Å²) >= 11 is 0. The highest BCUT2D eigenvalue weighted by Gasteiger charge is 2.37. The fraction of sp³-hybridized carbons (Fsp3) is 0.500. The first-order chi connectivity index (χ1) is 10.3. The summed E-state index contributed by atoms with van der Waals surface area (Å²) < 4.78 is 24.2. The van der Waals surface area contributed by atoms with Crippen LogP contribution in [0.2, 0.25) is 0 Å². The van der Waals surface area contributed by atoms with E-state index in [2.05, 4.69) is 0 Å². The number of aliphatic hydroxyl groups excluding tert-OH is 1. The van der Waals surface area contributed by atoms with Crippen LogP contribution in [0, 0.1) is 0 Å². The first kappa shape index (κ1) is 16.7. The number of amides is 1. The molecule has 1 amide bonds. The minimum absolute atomic E-state index is 0.0813. The maximum absolute atomic E-state index is 11.5. The smallest absolute Gasteiger partial charge is 0.407 e. The molecule has 1 heterocycles. The number of hydrogen-bond acceptors (Lipinski definition) is 4. The summed E-state index contributed by atoms with van der Waals surface area (Å²) in [6, 6.07) is 8.49. The molecule has 22 heavy (non-hydrogen) atoms. The second kappa shape index (κ2) is 6.64. The van der Waals surface area contributed by atoms with Gasteiger partial charge in [-0.15, -0.1) is 0 Å². The van der Waals surface area contributed by atoms with Crippen molar-refractivity contribution in [3.05, 3.63) is 35.9 Å². The number of carboxylic acid groups (broad SMARTS) is 1. The zero-order chi connectivity index (χ0) is 16.3. The molecule has 0 bridgehead atoms. The largest absolute Gasteiger partial charge is 0.465 e. The second-order valence-corrected chi connectivity index (χ2v) is 7.42. The number of sulfonamides is 1. The van der Waals surface area contributed by atoms with Gasteiger partial charge in [-0.1, -0.05) is 30.3 Å². The molecular weight excluding hydrogens is 308 g/mol. The molecule has 2 atom stereocenters. The van der Waals surface area contributed by atoms with E-state index >= 15 is 0 Å². The third kappa shape index (κ3) is 3.96. The van der Waals surface area contributed by atoms with Gasteiger partial charge in [0.1, 0.15) is 0 Å². The van der Waals surface area contributed by atoms with Crippen molar-refractivity contribution in [3.8, 4) is 0 Å². The van der Waals surface area contributed by atoms with E-state index < -0.39 is 28.3 Å². The van der Waals surface area contributed by atoms with E-state index in [4.69, 9.17) is 0 Å². The summed E-state index contributed by atoms with van der Waals surface area (Å²) in [6.07, 6.45) is -0.809. The van der Waals surface area contributed by atoms with Crippen LogP contribution in [0.4, 0.5) is 4.79 Å². The van der Waals surface area contributed by atoms with Crippen LogP contribution < -0.4 is 0 Å². The summed E-state index contributed by atoms with van der Waals surface area (Å²) in [5.41, 5.74) is 0.822. The number of hydrogen-bond donors (Lipinski definition) is 2. The zero-order valence-electron chi connectivity index (χ0n) is 12.3. The number of nitrogens with zero attached hydrogens (tertiary/aromatic N) is 2. The van der Waals surface area contributed by atoms with Crippen LogP contribution in [0.5, 0.6) is 0 Å². The van der Waals surface area contributed by atoms with Crippen LogP contribution in [0.25, 0.3) is 0 Å². The van der Waals surface area contributed by atoms with Gasteiger partial charge in [-0.05, 0) is 12.0 Å². The van der Waals surface area contributed by atoms with Crippen LogP contribution in [-0.4, -0.2) is 65.4 Å². The van der Waals surface area contributed by atoms with Crippen molar-refractivity contribution in [2.24, 2.45) is 0 Å². The summed E-state index contributed by atoms with van der Waals surface area (Å²) in [4.78, 5) is 12.7. The molecule has 1 aliphatic rings. The Morgan fingerprint density at radius 1 is 1.36 bits per heavy atom. The molecule has 8 heteroatoms. The van der Waals surface area contributed by atoms with Crippen molar-refractivity contribution in [2.45, 2.75) is 25.1 Å². The average molecular weight is 328 g/mol. The minimum Gasteiger partial charge on any atom is -0.465 e. The summed E-state index contributed by atoms with van der Waals surface area (Å²) in [6.45, 7) is 0.290. The lowest BCUT2D eigenvalue weighted by atomic mass is 10.0. The Kier molecular flexibility index (Phi) is 5.05. The molecule has 0 aliphatic carbocycles.